The van der Waals surface area contributed by atoms with Gasteiger partial charge in [-0.25, -0.2) is 12.7 Å². The Morgan fingerprint density at radius 1 is 1.00 bits per heavy atom. The fourth-order valence-corrected chi connectivity index (χ4v) is 3.26. The molecule has 0 radical (unpaired) electrons. The van der Waals surface area contributed by atoms with Crippen LogP contribution >= 0.6 is 0 Å². The lowest BCUT2D eigenvalue weighted by molar-refractivity contribution is 0.0782. The van der Waals surface area contributed by atoms with Gasteiger partial charge in [0.05, 0.1) is 25.6 Å². The van der Waals surface area contributed by atoms with E-state index in [1.165, 1.54) is 0 Å². The molecule has 1 saturated heterocycles. The van der Waals surface area contributed by atoms with E-state index in [1.807, 2.05) is 0 Å². The molecule has 1 rings (SSSR count). The van der Waals surface area contributed by atoms with E-state index in [9.17, 15) is 8.42 Å². The van der Waals surface area contributed by atoms with Gasteiger partial charge in [-0.2, -0.15) is 0 Å². The van der Waals surface area contributed by atoms with Gasteiger partial charge in [0, 0.05) is 20.2 Å². The zero-order valence-electron chi connectivity index (χ0n) is 10.6. The second-order valence-electron chi connectivity index (χ2n) is 4.23. The van der Waals surface area contributed by atoms with Crippen LogP contribution in [-0.4, -0.2) is 58.5 Å². The molecule has 0 amide bonds. The molecule has 17 heavy (non-hydrogen) atoms. The Balaban J connectivity index is 2.28. The van der Waals surface area contributed by atoms with Crippen molar-refractivity contribution >= 4 is 10.0 Å². The number of methoxy groups -OCH3 is 1. The fourth-order valence-electron chi connectivity index (χ4n) is 1.86. The summed E-state index contributed by atoms with van der Waals surface area (Å²) in [7, 11) is -1.53. The Morgan fingerprint density at radius 2 is 1.65 bits per heavy atom. The van der Waals surface area contributed by atoms with Crippen molar-refractivity contribution in [2.45, 2.75) is 25.7 Å². The molecule has 1 aliphatic rings. The van der Waals surface area contributed by atoms with Crippen molar-refractivity contribution in [1.29, 1.82) is 0 Å². The van der Waals surface area contributed by atoms with Gasteiger partial charge in [0.1, 0.15) is 0 Å². The lowest BCUT2D eigenvalue weighted by atomic mass is 10.2. The van der Waals surface area contributed by atoms with Crippen molar-refractivity contribution < 1.29 is 17.9 Å². The summed E-state index contributed by atoms with van der Waals surface area (Å²) in [5, 5.41) is 0. The molecule has 1 aliphatic heterocycles. The van der Waals surface area contributed by atoms with Gasteiger partial charge < -0.3 is 9.47 Å². The number of hydrogen-bond donors (Lipinski definition) is 0. The first kappa shape index (κ1) is 14.9. The average molecular weight is 265 g/mol. The smallest absolute Gasteiger partial charge is 0.216 e. The highest BCUT2D eigenvalue weighted by Gasteiger charge is 2.22. The lowest BCUT2D eigenvalue weighted by Crippen LogP contribution is -2.35. The van der Waals surface area contributed by atoms with Crippen molar-refractivity contribution in [3.63, 3.8) is 0 Å². The summed E-state index contributed by atoms with van der Waals surface area (Å²) in [6.07, 6.45) is 4.22. The molecule has 1 heterocycles. The first-order chi connectivity index (χ1) is 8.17. The van der Waals surface area contributed by atoms with Crippen molar-refractivity contribution in [1.82, 2.24) is 4.31 Å². The minimum atomic E-state index is -3.13. The summed E-state index contributed by atoms with van der Waals surface area (Å²) in [6, 6.07) is 0. The molecule has 0 aromatic rings. The minimum absolute atomic E-state index is 0.0801. The quantitative estimate of drug-likeness (QED) is 0.641. The van der Waals surface area contributed by atoms with Gasteiger partial charge in [0.15, 0.2) is 0 Å². The normalized spacial score (nSPS) is 19.1. The van der Waals surface area contributed by atoms with Crippen LogP contribution in [0.15, 0.2) is 0 Å². The maximum Gasteiger partial charge on any atom is 0.216 e. The van der Waals surface area contributed by atoms with Gasteiger partial charge >= 0.3 is 0 Å². The van der Waals surface area contributed by atoms with E-state index in [0.717, 1.165) is 25.7 Å². The molecule has 0 unspecified atom stereocenters. The molecule has 1 fully saturated rings. The monoisotopic (exact) mass is 265 g/mol. The zero-order valence-corrected chi connectivity index (χ0v) is 11.4. The van der Waals surface area contributed by atoms with Gasteiger partial charge in [-0.15, -0.1) is 0 Å². The third kappa shape index (κ3) is 5.81. The molecule has 0 N–H and O–H groups in total. The SMILES string of the molecule is COCCOCCS(=O)(=O)N1CCCCCC1. The predicted molar refractivity (Wildman–Crippen MR) is 66.5 cm³/mol. The van der Waals surface area contributed by atoms with Gasteiger partial charge in [0.25, 0.3) is 0 Å². The summed E-state index contributed by atoms with van der Waals surface area (Å²) >= 11 is 0. The molecule has 102 valence electrons. The Labute approximate surface area is 104 Å². The maximum atomic E-state index is 12.0. The molecule has 0 saturated carbocycles. The molecule has 6 heteroatoms. The molecular weight excluding hydrogens is 242 g/mol. The van der Waals surface area contributed by atoms with Crippen molar-refractivity contribution in [3.8, 4) is 0 Å². The lowest BCUT2D eigenvalue weighted by Gasteiger charge is -2.19. The van der Waals surface area contributed by atoms with Crippen LogP contribution in [0, 0.1) is 0 Å². The number of ether oxygens (including phenoxy) is 2. The topological polar surface area (TPSA) is 55.8 Å². The van der Waals surface area contributed by atoms with E-state index >= 15 is 0 Å². The maximum absolute atomic E-state index is 12.0. The third-order valence-electron chi connectivity index (χ3n) is 2.88. The Morgan fingerprint density at radius 3 is 2.24 bits per heavy atom. The van der Waals surface area contributed by atoms with E-state index < -0.39 is 10.0 Å². The van der Waals surface area contributed by atoms with E-state index in [2.05, 4.69) is 0 Å². The van der Waals surface area contributed by atoms with Crippen LogP contribution < -0.4 is 0 Å². The summed E-state index contributed by atoms with van der Waals surface area (Å²) in [6.45, 7) is 2.54. The highest BCUT2D eigenvalue weighted by atomic mass is 32.2. The van der Waals surface area contributed by atoms with E-state index in [-0.39, 0.29) is 12.4 Å². The van der Waals surface area contributed by atoms with Crippen LogP contribution in [0.1, 0.15) is 25.7 Å². The van der Waals surface area contributed by atoms with Crippen LogP contribution in [0.5, 0.6) is 0 Å². The van der Waals surface area contributed by atoms with Crippen molar-refractivity contribution in [2.24, 2.45) is 0 Å². The van der Waals surface area contributed by atoms with E-state index in [0.29, 0.717) is 26.3 Å². The van der Waals surface area contributed by atoms with Gasteiger partial charge in [-0.3, -0.25) is 0 Å². The predicted octanol–water partition coefficient (Wildman–Crippen LogP) is 0.855. The fraction of sp³-hybridized carbons (Fsp3) is 1.00. The van der Waals surface area contributed by atoms with Crippen molar-refractivity contribution in [2.75, 3.05) is 45.8 Å². The van der Waals surface area contributed by atoms with Crippen LogP contribution in [0.3, 0.4) is 0 Å². The standard InChI is InChI=1S/C11H23NO4S/c1-15-8-9-16-10-11-17(13,14)12-6-4-2-3-5-7-12/h2-11H2,1H3. The van der Waals surface area contributed by atoms with Gasteiger partial charge in [0.2, 0.25) is 10.0 Å². The van der Waals surface area contributed by atoms with Crippen LogP contribution in [0.2, 0.25) is 0 Å². The zero-order chi connectivity index (χ0) is 12.6. The van der Waals surface area contributed by atoms with Gasteiger partial charge in [-0.1, -0.05) is 12.8 Å². The third-order valence-corrected chi connectivity index (χ3v) is 4.71. The number of nitrogens with zero attached hydrogens (tertiary/aromatic N) is 1. The molecule has 0 aromatic heterocycles. The minimum Gasteiger partial charge on any atom is -0.382 e. The van der Waals surface area contributed by atoms with Gasteiger partial charge in [-0.05, 0) is 12.8 Å². The van der Waals surface area contributed by atoms with E-state index in [4.69, 9.17) is 9.47 Å². The first-order valence-corrected chi connectivity index (χ1v) is 7.82. The average Bonchev–Trinajstić information content (AvgIpc) is 2.57. The molecule has 0 aliphatic carbocycles. The molecule has 0 atom stereocenters. The highest BCUT2D eigenvalue weighted by Crippen LogP contribution is 2.13. The summed E-state index contributed by atoms with van der Waals surface area (Å²) in [5.74, 6) is 0.0801. The Hall–Kier alpha value is -0.170. The molecule has 0 bridgehead atoms. The Kier molecular flexibility index (Phi) is 7.03. The van der Waals surface area contributed by atoms with Crippen LogP contribution in [-0.2, 0) is 19.5 Å². The van der Waals surface area contributed by atoms with Crippen LogP contribution in [0.4, 0.5) is 0 Å². The highest BCUT2D eigenvalue weighted by molar-refractivity contribution is 7.89. The molecule has 5 nitrogen and oxygen atoms in total. The first-order valence-electron chi connectivity index (χ1n) is 6.21. The second kappa shape index (κ2) is 8.02. The van der Waals surface area contributed by atoms with E-state index in [1.54, 1.807) is 11.4 Å². The second-order valence-corrected chi connectivity index (χ2v) is 6.32. The molecular formula is C11H23NO4S. The largest absolute Gasteiger partial charge is 0.382 e. The number of sulfonamides is 1. The summed E-state index contributed by atoms with van der Waals surface area (Å²) in [5.41, 5.74) is 0. The summed E-state index contributed by atoms with van der Waals surface area (Å²) < 4.78 is 35.6. The molecule has 0 spiro atoms. The number of hydrogen-bond acceptors (Lipinski definition) is 4. The molecule has 0 aromatic carbocycles. The Bertz CT molecular complexity index is 284. The summed E-state index contributed by atoms with van der Waals surface area (Å²) in [4.78, 5) is 0. The number of rotatable bonds is 7. The van der Waals surface area contributed by atoms with Crippen LogP contribution in [0.25, 0.3) is 0 Å². The van der Waals surface area contributed by atoms with Crippen molar-refractivity contribution in [3.05, 3.63) is 0 Å².